The van der Waals surface area contributed by atoms with Gasteiger partial charge in [-0.25, -0.2) is 0 Å². The molecule has 4 rings (SSSR count). The molecule has 0 atom stereocenters. The summed E-state index contributed by atoms with van der Waals surface area (Å²) < 4.78 is 10.9. The SMILES string of the molecule is COc1ccc(N2CCN(C(=O)COc3cccc(C(=O)NCc4ccccc4)c3)CC2)cc1. The van der Waals surface area contributed by atoms with Gasteiger partial charge in [-0.1, -0.05) is 36.4 Å². The Labute approximate surface area is 199 Å². The lowest BCUT2D eigenvalue weighted by atomic mass is 10.2. The minimum atomic E-state index is -0.185. The Morgan fingerprint density at radius 3 is 2.29 bits per heavy atom. The number of carbonyl (C=O) groups is 2. The fourth-order valence-corrected chi connectivity index (χ4v) is 3.85. The summed E-state index contributed by atoms with van der Waals surface area (Å²) in [5.41, 5.74) is 2.64. The third-order valence-electron chi connectivity index (χ3n) is 5.82. The second-order valence-corrected chi connectivity index (χ2v) is 8.05. The van der Waals surface area contributed by atoms with Crippen LogP contribution in [0.5, 0.6) is 11.5 Å². The molecular formula is C27H29N3O4. The van der Waals surface area contributed by atoms with Gasteiger partial charge in [0.25, 0.3) is 11.8 Å². The molecule has 2 amide bonds. The number of ether oxygens (including phenoxy) is 2. The van der Waals surface area contributed by atoms with Gasteiger partial charge in [0.15, 0.2) is 6.61 Å². The lowest BCUT2D eigenvalue weighted by Gasteiger charge is -2.36. The topological polar surface area (TPSA) is 71.1 Å². The van der Waals surface area contributed by atoms with Crippen molar-refractivity contribution in [2.45, 2.75) is 6.54 Å². The van der Waals surface area contributed by atoms with E-state index < -0.39 is 0 Å². The van der Waals surface area contributed by atoms with E-state index in [1.807, 2.05) is 59.5 Å². The number of hydrogen-bond acceptors (Lipinski definition) is 5. The molecule has 0 radical (unpaired) electrons. The van der Waals surface area contributed by atoms with Crippen LogP contribution in [0.3, 0.4) is 0 Å². The van der Waals surface area contributed by atoms with Gasteiger partial charge >= 0.3 is 0 Å². The number of hydrogen-bond donors (Lipinski definition) is 1. The average molecular weight is 460 g/mol. The summed E-state index contributed by atoms with van der Waals surface area (Å²) in [6.07, 6.45) is 0. The third kappa shape index (κ3) is 6.07. The lowest BCUT2D eigenvalue weighted by Crippen LogP contribution is -2.50. The van der Waals surface area contributed by atoms with E-state index in [1.54, 1.807) is 31.4 Å². The fraction of sp³-hybridized carbons (Fsp3) is 0.259. The van der Waals surface area contributed by atoms with E-state index >= 15 is 0 Å². The molecule has 0 unspecified atom stereocenters. The summed E-state index contributed by atoms with van der Waals surface area (Å²) in [6.45, 7) is 3.18. The van der Waals surface area contributed by atoms with Gasteiger partial charge in [-0.3, -0.25) is 9.59 Å². The van der Waals surface area contributed by atoms with Gasteiger partial charge in [-0.15, -0.1) is 0 Å². The summed E-state index contributed by atoms with van der Waals surface area (Å²) in [7, 11) is 1.65. The smallest absolute Gasteiger partial charge is 0.260 e. The molecule has 0 spiro atoms. The van der Waals surface area contributed by atoms with E-state index in [1.165, 1.54) is 0 Å². The molecular weight excluding hydrogens is 430 g/mol. The number of benzene rings is 3. The van der Waals surface area contributed by atoms with E-state index in [4.69, 9.17) is 9.47 Å². The van der Waals surface area contributed by atoms with Crippen molar-refractivity contribution in [1.29, 1.82) is 0 Å². The summed E-state index contributed by atoms with van der Waals surface area (Å²) in [5, 5.41) is 2.90. The van der Waals surface area contributed by atoms with Crippen LogP contribution < -0.4 is 19.7 Å². The zero-order valence-electron chi connectivity index (χ0n) is 19.3. The van der Waals surface area contributed by atoms with Gasteiger partial charge in [0.1, 0.15) is 11.5 Å². The number of nitrogens with zero attached hydrogens (tertiary/aromatic N) is 2. The van der Waals surface area contributed by atoms with Crippen molar-refractivity contribution in [2.24, 2.45) is 0 Å². The molecule has 1 N–H and O–H groups in total. The first-order valence-corrected chi connectivity index (χ1v) is 11.3. The monoisotopic (exact) mass is 459 g/mol. The quantitative estimate of drug-likeness (QED) is 0.559. The predicted molar refractivity (Wildman–Crippen MR) is 131 cm³/mol. The molecule has 3 aromatic carbocycles. The van der Waals surface area contributed by atoms with Crippen LogP contribution in [0.2, 0.25) is 0 Å². The highest BCUT2D eigenvalue weighted by Gasteiger charge is 2.21. The minimum absolute atomic E-state index is 0.0579. The molecule has 176 valence electrons. The first-order valence-electron chi connectivity index (χ1n) is 11.3. The molecule has 0 aromatic heterocycles. The van der Waals surface area contributed by atoms with Gasteiger partial charge in [-0.05, 0) is 48.0 Å². The van der Waals surface area contributed by atoms with Gasteiger partial charge in [-0.2, -0.15) is 0 Å². The second kappa shape index (κ2) is 11.2. The first kappa shape index (κ1) is 23.2. The molecule has 34 heavy (non-hydrogen) atoms. The van der Waals surface area contributed by atoms with Crippen molar-refractivity contribution in [3.8, 4) is 11.5 Å². The molecule has 0 bridgehead atoms. The van der Waals surface area contributed by atoms with Crippen LogP contribution in [-0.2, 0) is 11.3 Å². The standard InChI is InChI=1S/C27H29N3O4/c1-33-24-12-10-23(11-13-24)29-14-16-30(17-15-29)26(31)20-34-25-9-5-8-22(18-25)27(32)28-19-21-6-3-2-4-7-21/h2-13,18H,14-17,19-20H2,1H3,(H,28,32). The van der Waals surface area contributed by atoms with Crippen molar-refractivity contribution in [1.82, 2.24) is 10.2 Å². The maximum atomic E-state index is 12.7. The summed E-state index contributed by atoms with van der Waals surface area (Å²) in [6, 6.07) is 24.6. The molecule has 0 saturated carbocycles. The third-order valence-corrected chi connectivity index (χ3v) is 5.82. The van der Waals surface area contributed by atoms with E-state index in [0.29, 0.717) is 30.9 Å². The van der Waals surface area contributed by atoms with Gasteiger partial charge < -0.3 is 24.6 Å². The molecule has 1 fully saturated rings. The second-order valence-electron chi connectivity index (χ2n) is 8.05. The highest BCUT2D eigenvalue weighted by Crippen LogP contribution is 2.21. The van der Waals surface area contributed by atoms with Crippen molar-refractivity contribution < 1.29 is 19.1 Å². The molecule has 1 saturated heterocycles. The van der Waals surface area contributed by atoms with Crippen LogP contribution in [-0.4, -0.2) is 56.6 Å². The Hall–Kier alpha value is -4.00. The van der Waals surface area contributed by atoms with E-state index in [-0.39, 0.29) is 18.4 Å². The number of piperazine rings is 1. The van der Waals surface area contributed by atoms with Crippen molar-refractivity contribution in [2.75, 3.05) is 44.8 Å². The van der Waals surface area contributed by atoms with Gasteiger partial charge in [0, 0.05) is 44.0 Å². The summed E-state index contributed by atoms with van der Waals surface area (Å²) in [4.78, 5) is 29.2. The zero-order chi connectivity index (χ0) is 23.8. The van der Waals surface area contributed by atoms with Crippen LogP contribution in [0.1, 0.15) is 15.9 Å². The predicted octanol–water partition coefficient (Wildman–Crippen LogP) is 3.35. The number of rotatable bonds is 8. The van der Waals surface area contributed by atoms with Gasteiger partial charge in [0.05, 0.1) is 7.11 Å². The lowest BCUT2D eigenvalue weighted by molar-refractivity contribution is -0.133. The number of anilines is 1. The van der Waals surface area contributed by atoms with Crippen LogP contribution >= 0.6 is 0 Å². The Bertz CT molecular complexity index is 1090. The summed E-state index contributed by atoms with van der Waals surface area (Å²) in [5.74, 6) is 1.08. The molecule has 7 heteroatoms. The molecule has 1 aliphatic heterocycles. The fourth-order valence-electron chi connectivity index (χ4n) is 3.85. The van der Waals surface area contributed by atoms with Crippen molar-refractivity contribution >= 4 is 17.5 Å². The minimum Gasteiger partial charge on any atom is -0.497 e. The number of carbonyl (C=O) groups excluding carboxylic acids is 2. The van der Waals surface area contributed by atoms with Gasteiger partial charge in [0.2, 0.25) is 0 Å². The number of nitrogens with one attached hydrogen (secondary N) is 1. The first-order chi connectivity index (χ1) is 16.6. The van der Waals surface area contributed by atoms with Crippen molar-refractivity contribution in [3.63, 3.8) is 0 Å². The Morgan fingerprint density at radius 1 is 0.853 bits per heavy atom. The molecule has 1 aliphatic rings. The number of amides is 2. The highest BCUT2D eigenvalue weighted by atomic mass is 16.5. The van der Waals surface area contributed by atoms with Crippen LogP contribution in [0, 0.1) is 0 Å². The highest BCUT2D eigenvalue weighted by molar-refractivity contribution is 5.94. The normalized spacial score (nSPS) is 13.3. The summed E-state index contributed by atoms with van der Waals surface area (Å²) >= 11 is 0. The zero-order valence-corrected chi connectivity index (χ0v) is 19.3. The molecule has 0 aliphatic carbocycles. The largest absolute Gasteiger partial charge is 0.497 e. The molecule has 1 heterocycles. The Kier molecular flexibility index (Phi) is 7.65. The van der Waals surface area contributed by atoms with E-state index in [9.17, 15) is 9.59 Å². The van der Waals surface area contributed by atoms with E-state index in [0.717, 1.165) is 30.1 Å². The maximum absolute atomic E-state index is 12.7. The molecule has 7 nitrogen and oxygen atoms in total. The van der Waals surface area contributed by atoms with Crippen LogP contribution in [0.15, 0.2) is 78.9 Å². The average Bonchev–Trinajstić information content (AvgIpc) is 2.91. The van der Waals surface area contributed by atoms with Crippen LogP contribution in [0.25, 0.3) is 0 Å². The molecule has 3 aromatic rings. The van der Waals surface area contributed by atoms with Crippen molar-refractivity contribution in [3.05, 3.63) is 90.0 Å². The number of methoxy groups -OCH3 is 1. The Morgan fingerprint density at radius 2 is 1.59 bits per heavy atom. The maximum Gasteiger partial charge on any atom is 0.260 e. The van der Waals surface area contributed by atoms with Crippen LogP contribution in [0.4, 0.5) is 5.69 Å². The van der Waals surface area contributed by atoms with E-state index in [2.05, 4.69) is 10.2 Å². The Balaban J connectivity index is 1.24.